The van der Waals surface area contributed by atoms with Gasteiger partial charge in [-0.15, -0.1) is 0 Å². The summed E-state index contributed by atoms with van der Waals surface area (Å²) in [5.41, 5.74) is -0.774. The normalized spacial score (nSPS) is 34.0. The van der Waals surface area contributed by atoms with E-state index < -0.39 is 11.4 Å². The number of aliphatic carboxylic acids is 1. The number of ether oxygens (including phenoxy) is 1. The number of carboxylic acid groups (broad SMARTS) is 1. The average Bonchev–Trinajstić information content (AvgIpc) is 2.33. The van der Waals surface area contributed by atoms with E-state index in [4.69, 9.17) is 9.84 Å². The van der Waals surface area contributed by atoms with Gasteiger partial charge in [-0.05, 0) is 6.92 Å². The van der Waals surface area contributed by atoms with E-state index in [2.05, 4.69) is 5.32 Å². The van der Waals surface area contributed by atoms with Crippen LogP contribution in [0.25, 0.3) is 0 Å². The molecule has 4 nitrogen and oxygen atoms in total. The van der Waals surface area contributed by atoms with Crippen molar-refractivity contribution in [2.45, 2.75) is 32.9 Å². The molecule has 4 heteroatoms. The Morgan fingerprint density at radius 3 is 2.77 bits per heavy atom. The van der Waals surface area contributed by atoms with E-state index in [0.29, 0.717) is 13.2 Å². The molecule has 1 aliphatic heterocycles. The van der Waals surface area contributed by atoms with E-state index >= 15 is 0 Å². The minimum Gasteiger partial charge on any atom is -0.481 e. The van der Waals surface area contributed by atoms with Gasteiger partial charge in [0.25, 0.3) is 0 Å². The minimum absolute atomic E-state index is 0.0787. The van der Waals surface area contributed by atoms with Crippen molar-refractivity contribution >= 4 is 5.97 Å². The van der Waals surface area contributed by atoms with Crippen molar-refractivity contribution in [1.29, 1.82) is 0 Å². The van der Waals surface area contributed by atoms with Crippen LogP contribution in [0.2, 0.25) is 0 Å². The van der Waals surface area contributed by atoms with E-state index in [9.17, 15) is 4.79 Å². The first kappa shape index (κ1) is 10.5. The van der Waals surface area contributed by atoms with Gasteiger partial charge in [-0.3, -0.25) is 4.79 Å². The number of carbonyl (C=O) groups is 1. The second-order valence-corrected chi connectivity index (χ2v) is 4.11. The molecule has 2 unspecified atom stereocenters. The minimum atomic E-state index is -0.789. The third-order valence-corrected chi connectivity index (χ3v) is 2.48. The summed E-state index contributed by atoms with van der Waals surface area (Å²) < 4.78 is 5.19. The molecular weight excluding hydrogens is 170 g/mol. The van der Waals surface area contributed by atoms with Crippen molar-refractivity contribution in [3.05, 3.63) is 0 Å². The van der Waals surface area contributed by atoms with Crippen molar-refractivity contribution in [2.75, 3.05) is 13.2 Å². The molecule has 1 aliphatic rings. The lowest BCUT2D eigenvalue weighted by Crippen LogP contribution is -2.49. The molecule has 0 saturated carbocycles. The number of hydrogen-bond acceptors (Lipinski definition) is 3. The van der Waals surface area contributed by atoms with Gasteiger partial charge in [-0.2, -0.15) is 0 Å². The van der Waals surface area contributed by atoms with Crippen LogP contribution in [0.3, 0.4) is 0 Å². The van der Waals surface area contributed by atoms with Gasteiger partial charge in [-0.25, -0.2) is 0 Å². The van der Waals surface area contributed by atoms with Crippen LogP contribution < -0.4 is 5.32 Å². The summed E-state index contributed by atoms with van der Waals surface area (Å²) in [6.45, 7) is 6.51. The Labute approximate surface area is 78.3 Å². The van der Waals surface area contributed by atoms with Gasteiger partial charge in [0.2, 0.25) is 0 Å². The van der Waals surface area contributed by atoms with E-state index in [-0.39, 0.29) is 12.1 Å². The average molecular weight is 187 g/mol. The molecule has 0 bridgehead atoms. The van der Waals surface area contributed by atoms with Crippen molar-refractivity contribution in [3.8, 4) is 0 Å². The molecule has 1 saturated heterocycles. The zero-order valence-electron chi connectivity index (χ0n) is 8.33. The second-order valence-electron chi connectivity index (χ2n) is 4.11. The standard InChI is InChI=1S/C9H17NO3/c1-6(2)10-7-4-13-5-9(7,3)8(11)12/h6-7,10H,4-5H2,1-3H3,(H,11,12). The number of rotatable bonds is 3. The molecule has 2 atom stereocenters. The fourth-order valence-corrected chi connectivity index (χ4v) is 1.52. The predicted molar refractivity (Wildman–Crippen MR) is 48.6 cm³/mol. The van der Waals surface area contributed by atoms with E-state index in [1.165, 1.54) is 0 Å². The zero-order chi connectivity index (χ0) is 10.1. The topological polar surface area (TPSA) is 58.6 Å². The largest absolute Gasteiger partial charge is 0.481 e. The molecule has 0 amide bonds. The van der Waals surface area contributed by atoms with Crippen LogP contribution >= 0.6 is 0 Å². The van der Waals surface area contributed by atoms with Crippen LogP contribution in [0, 0.1) is 5.41 Å². The smallest absolute Gasteiger partial charge is 0.313 e. The van der Waals surface area contributed by atoms with Gasteiger partial charge in [-0.1, -0.05) is 13.8 Å². The molecule has 0 aromatic heterocycles. The zero-order valence-corrected chi connectivity index (χ0v) is 8.33. The Balaban J connectivity index is 2.68. The summed E-state index contributed by atoms with van der Waals surface area (Å²) in [6, 6.07) is 0.204. The Morgan fingerprint density at radius 1 is 1.69 bits per heavy atom. The molecule has 0 radical (unpaired) electrons. The first-order chi connectivity index (χ1) is 5.97. The molecular formula is C9H17NO3. The van der Waals surface area contributed by atoms with Gasteiger partial charge in [0.15, 0.2) is 0 Å². The van der Waals surface area contributed by atoms with Gasteiger partial charge in [0, 0.05) is 12.1 Å². The quantitative estimate of drug-likeness (QED) is 0.674. The maximum Gasteiger partial charge on any atom is 0.313 e. The highest BCUT2D eigenvalue weighted by Gasteiger charge is 2.46. The summed E-state index contributed by atoms with van der Waals surface area (Å²) in [6.07, 6.45) is 0. The highest BCUT2D eigenvalue weighted by molar-refractivity contribution is 5.75. The van der Waals surface area contributed by atoms with E-state index in [1.54, 1.807) is 6.92 Å². The molecule has 0 spiro atoms. The Morgan fingerprint density at radius 2 is 2.31 bits per heavy atom. The van der Waals surface area contributed by atoms with Gasteiger partial charge >= 0.3 is 5.97 Å². The van der Waals surface area contributed by atoms with E-state index in [1.807, 2.05) is 13.8 Å². The third kappa shape index (κ3) is 2.00. The van der Waals surface area contributed by atoms with Crippen molar-refractivity contribution < 1.29 is 14.6 Å². The fourth-order valence-electron chi connectivity index (χ4n) is 1.52. The van der Waals surface area contributed by atoms with Crippen molar-refractivity contribution in [2.24, 2.45) is 5.41 Å². The van der Waals surface area contributed by atoms with Crippen LogP contribution in [-0.2, 0) is 9.53 Å². The lowest BCUT2D eigenvalue weighted by atomic mass is 9.85. The number of carboxylic acids is 1. The Bertz CT molecular complexity index is 205. The van der Waals surface area contributed by atoms with Crippen LogP contribution in [0.5, 0.6) is 0 Å². The summed E-state index contributed by atoms with van der Waals surface area (Å²) in [5.74, 6) is -0.789. The lowest BCUT2D eigenvalue weighted by Gasteiger charge is -2.27. The van der Waals surface area contributed by atoms with Crippen LogP contribution in [0.1, 0.15) is 20.8 Å². The maximum absolute atomic E-state index is 11.0. The number of nitrogens with one attached hydrogen (secondary N) is 1. The molecule has 13 heavy (non-hydrogen) atoms. The SMILES string of the molecule is CC(C)NC1COCC1(C)C(=O)O. The lowest BCUT2D eigenvalue weighted by molar-refractivity contribution is -0.148. The van der Waals surface area contributed by atoms with Gasteiger partial charge < -0.3 is 15.2 Å². The molecule has 0 aromatic carbocycles. The summed E-state index contributed by atoms with van der Waals surface area (Å²) in [7, 11) is 0. The van der Waals surface area contributed by atoms with Crippen molar-refractivity contribution in [1.82, 2.24) is 5.32 Å². The first-order valence-corrected chi connectivity index (χ1v) is 4.54. The molecule has 1 heterocycles. The Hall–Kier alpha value is -0.610. The summed E-state index contributed by atoms with van der Waals surface area (Å²) in [5, 5.41) is 12.2. The summed E-state index contributed by atoms with van der Waals surface area (Å²) >= 11 is 0. The van der Waals surface area contributed by atoms with Crippen LogP contribution in [0.4, 0.5) is 0 Å². The molecule has 1 fully saturated rings. The third-order valence-electron chi connectivity index (χ3n) is 2.48. The predicted octanol–water partition coefficient (Wildman–Crippen LogP) is 0.474. The molecule has 0 aromatic rings. The monoisotopic (exact) mass is 187 g/mol. The van der Waals surface area contributed by atoms with Crippen LogP contribution in [0.15, 0.2) is 0 Å². The second kappa shape index (κ2) is 3.64. The van der Waals surface area contributed by atoms with Crippen LogP contribution in [-0.4, -0.2) is 36.4 Å². The van der Waals surface area contributed by atoms with Crippen molar-refractivity contribution in [3.63, 3.8) is 0 Å². The first-order valence-electron chi connectivity index (χ1n) is 4.54. The molecule has 2 N–H and O–H groups in total. The van der Waals surface area contributed by atoms with E-state index in [0.717, 1.165) is 0 Å². The maximum atomic E-state index is 11.0. The van der Waals surface area contributed by atoms with Gasteiger partial charge in [0.05, 0.1) is 13.2 Å². The molecule has 76 valence electrons. The molecule has 1 rings (SSSR count). The summed E-state index contributed by atoms with van der Waals surface area (Å²) in [4.78, 5) is 11.0. The fraction of sp³-hybridized carbons (Fsp3) is 0.889. The Kier molecular flexibility index (Phi) is 2.93. The highest BCUT2D eigenvalue weighted by atomic mass is 16.5. The molecule has 0 aliphatic carbocycles. The highest BCUT2D eigenvalue weighted by Crippen LogP contribution is 2.28. The van der Waals surface area contributed by atoms with Gasteiger partial charge in [0.1, 0.15) is 5.41 Å². The number of hydrogen-bond donors (Lipinski definition) is 2.